The fraction of sp³-hybridized carbons (Fsp3) is 0.308. The molecule has 96 valence electrons. The van der Waals surface area contributed by atoms with E-state index < -0.39 is 0 Å². The van der Waals surface area contributed by atoms with Crippen LogP contribution < -0.4 is 10.1 Å². The molecule has 3 nitrogen and oxygen atoms in total. The van der Waals surface area contributed by atoms with Crippen molar-refractivity contribution in [2.45, 2.75) is 19.9 Å². The summed E-state index contributed by atoms with van der Waals surface area (Å²) in [5, 5.41) is 5.43. The molecule has 5 heteroatoms. The van der Waals surface area contributed by atoms with Crippen LogP contribution in [0.4, 0.5) is 5.69 Å². The van der Waals surface area contributed by atoms with E-state index in [-0.39, 0.29) is 6.04 Å². The molecule has 2 aromatic heterocycles. The van der Waals surface area contributed by atoms with E-state index in [1.54, 1.807) is 17.5 Å². The van der Waals surface area contributed by atoms with Crippen LogP contribution in [0.15, 0.2) is 29.8 Å². The lowest BCUT2D eigenvalue weighted by atomic mass is 10.2. The van der Waals surface area contributed by atoms with Crippen molar-refractivity contribution in [2.75, 3.05) is 11.9 Å². The summed E-state index contributed by atoms with van der Waals surface area (Å²) in [5.74, 6) is 0.647. The average Bonchev–Trinajstić information content (AvgIpc) is 2.79. The largest absolute Gasteiger partial charge is 0.478 e. The van der Waals surface area contributed by atoms with Gasteiger partial charge < -0.3 is 10.1 Å². The number of nitrogens with zero attached hydrogens (tertiary/aromatic N) is 1. The Labute approximate surface area is 116 Å². The number of pyridine rings is 1. The summed E-state index contributed by atoms with van der Waals surface area (Å²) in [4.78, 5) is 4.21. The second-order valence-electron chi connectivity index (χ2n) is 3.87. The lowest BCUT2D eigenvalue weighted by molar-refractivity contribution is 0.327. The molecule has 0 aromatic carbocycles. The predicted octanol–water partition coefficient (Wildman–Crippen LogP) is 4.37. The minimum Gasteiger partial charge on any atom is -0.478 e. The van der Waals surface area contributed by atoms with Gasteiger partial charge in [-0.2, -0.15) is 0 Å². The van der Waals surface area contributed by atoms with Crippen molar-refractivity contribution in [2.24, 2.45) is 0 Å². The van der Waals surface area contributed by atoms with Gasteiger partial charge in [0.25, 0.3) is 0 Å². The van der Waals surface area contributed by atoms with E-state index in [0.717, 1.165) is 10.0 Å². The van der Waals surface area contributed by atoms with E-state index in [9.17, 15) is 0 Å². The van der Waals surface area contributed by atoms with E-state index in [4.69, 9.17) is 16.3 Å². The molecule has 18 heavy (non-hydrogen) atoms. The molecule has 0 spiro atoms. The van der Waals surface area contributed by atoms with Crippen LogP contribution in [0.5, 0.6) is 5.88 Å². The fourth-order valence-electron chi connectivity index (χ4n) is 1.58. The normalized spacial score (nSPS) is 12.2. The Kier molecular flexibility index (Phi) is 4.44. The van der Waals surface area contributed by atoms with Gasteiger partial charge in [-0.1, -0.05) is 11.6 Å². The molecule has 1 N–H and O–H groups in total. The number of rotatable bonds is 5. The van der Waals surface area contributed by atoms with Crippen molar-refractivity contribution in [3.8, 4) is 5.88 Å². The van der Waals surface area contributed by atoms with Gasteiger partial charge in [-0.05, 0) is 36.9 Å². The molecule has 2 rings (SSSR count). The van der Waals surface area contributed by atoms with Gasteiger partial charge in [0.2, 0.25) is 5.88 Å². The van der Waals surface area contributed by atoms with Crippen LogP contribution in [0, 0.1) is 0 Å². The highest BCUT2D eigenvalue weighted by atomic mass is 35.5. The first-order chi connectivity index (χ1) is 8.69. The van der Waals surface area contributed by atoms with Gasteiger partial charge >= 0.3 is 0 Å². The lowest BCUT2D eigenvalue weighted by Crippen LogP contribution is -2.05. The molecule has 0 radical (unpaired) electrons. The number of thiophene rings is 1. The molecule has 0 aliphatic carbocycles. The molecule has 0 aliphatic heterocycles. The van der Waals surface area contributed by atoms with Gasteiger partial charge in [0.15, 0.2) is 0 Å². The second kappa shape index (κ2) is 6.07. The van der Waals surface area contributed by atoms with Crippen molar-refractivity contribution in [1.29, 1.82) is 0 Å². The summed E-state index contributed by atoms with van der Waals surface area (Å²) < 4.78 is 6.11. The first-order valence-electron chi connectivity index (χ1n) is 5.78. The van der Waals surface area contributed by atoms with Gasteiger partial charge in [0, 0.05) is 12.1 Å². The van der Waals surface area contributed by atoms with E-state index >= 15 is 0 Å². The number of hydrogen-bond acceptors (Lipinski definition) is 4. The van der Waals surface area contributed by atoms with Crippen LogP contribution in [0.3, 0.4) is 0 Å². The molecule has 0 saturated carbocycles. The van der Waals surface area contributed by atoms with Crippen LogP contribution in [0.25, 0.3) is 0 Å². The van der Waals surface area contributed by atoms with Crippen molar-refractivity contribution >= 4 is 28.6 Å². The maximum Gasteiger partial charge on any atom is 0.213 e. The zero-order valence-electron chi connectivity index (χ0n) is 10.3. The summed E-state index contributed by atoms with van der Waals surface area (Å²) in [6, 6.07) is 6.00. The summed E-state index contributed by atoms with van der Waals surface area (Å²) in [7, 11) is 0. The van der Waals surface area contributed by atoms with E-state index in [1.165, 1.54) is 5.56 Å². The molecule has 0 bridgehead atoms. The summed E-state index contributed by atoms with van der Waals surface area (Å²) >= 11 is 7.47. The highest BCUT2D eigenvalue weighted by Gasteiger charge is 2.07. The van der Waals surface area contributed by atoms with Crippen LogP contribution in [-0.4, -0.2) is 11.6 Å². The maximum atomic E-state index is 5.92. The second-order valence-corrected chi connectivity index (χ2v) is 5.41. The van der Waals surface area contributed by atoms with Gasteiger partial charge in [-0.25, -0.2) is 4.98 Å². The average molecular weight is 283 g/mol. The van der Waals surface area contributed by atoms with Gasteiger partial charge in [-0.15, -0.1) is 11.3 Å². The third-order valence-corrected chi connectivity index (χ3v) is 3.61. The Hall–Kier alpha value is -1.26. The van der Waals surface area contributed by atoms with Crippen molar-refractivity contribution in [3.63, 3.8) is 0 Å². The third-order valence-electron chi connectivity index (χ3n) is 2.50. The highest BCUT2D eigenvalue weighted by molar-refractivity contribution is 7.14. The smallest absolute Gasteiger partial charge is 0.213 e. The minimum atomic E-state index is 0.202. The van der Waals surface area contributed by atoms with Gasteiger partial charge in [0.05, 0.1) is 22.8 Å². The zero-order valence-corrected chi connectivity index (χ0v) is 11.9. The van der Waals surface area contributed by atoms with Crippen LogP contribution >= 0.6 is 22.9 Å². The number of anilines is 1. The number of halogens is 1. The van der Waals surface area contributed by atoms with Crippen LogP contribution in [-0.2, 0) is 0 Å². The summed E-state index contributed by atoms with van der Waals surface area (Å²) in [6.45, 7) is 4.66. The Bertz CT molecular complexity index is 498. The molecule has 1 atom stereocenters. The Balaban J connectivity index is 2.00. The minimum absolute atomic E-state index is 0.202. The molecule has 1 unspecified atom stereocenters. The Morgan fingerprint density at radius 2 is 2.33 bits per heavy atom. The third kappa shape index (κ3) is 3.37. The number of nitrogens with one attached hydrogen (secondary N) is 1. The molecule has 2 aromatic rings. The number of aromatic nitrogens is 1. The zero-order chi connectivity index (χ0) is 13.0. The number of hydrogen-bond donors (Lipinski definition) is 1. The molecule has 0 saturated heterocycles. The summed E-state index contributed by atoms with van der Waals surface area (Å²) in [6.07, 6.45) is 1.77. The van der Waals surface area contributed by atoms with Crippen LogP contribution in [0.1, 0.15) is 25.5 Å². The quantitative estimate of drug-likeness (QED) is 0.884. The molecule has 0 fully saturated rings. The van der Waals surface area contributed by atoms with E-state index in [0.29, 0.717) is 12.5 Å². The SMILES string of the molecule is CCOc1ccc(NC(C)c2csc(Cl)c2)cn1. The fourth-order valence-corrected chi connectivity index (χ4v) is 2.57. The maximum absolute atomic E-state index is 5.92. The Morgan fingerprint density at radius 3 is 2.89 bits per heavy atom. The topological polar surface area (TPSA) is 34.1 Å². The standard InChI is InChI=1S/C13H15ClN2OS/c1-3-17-13-5-4-11(7-15-13)16-9(2)10-6-12(14)18-8-10/h4-9,16H,3H2,1-2H3. The summed E-state index contributed by atoms with van der Waals surface area (Å²) in [5.41, 5.74) is 2.15. The Morgan fingerprint density at radius 1 is 1.50 bits per heavy atom. The van der Waals surface area contributed by atoms with Gasteiger partial charge in [0.1, 0.15) is 0 Å². The molecular formula is C13H15ClN2OS. The first kappa shape index (κ1) is 13.2. The highest BCUT2D eigenvalue weighted by Crippen LogP contribution is 2.27. The number of ether oxygens (including phenoxy) is 1. The molecule has 0 aliphatic rings. The van der Waals surface area contributed by atoms with E-state index in [1.807, 2.05) is 25.1 Å². The molecule has 0 amide bonds. The van der Waals surface area contributed by atoms with Crippen LogP contribution in [0.2, 0.25) is 4.34 Å². The predicted molar refractivity (Wildman–Crippen MR) is 76.8 cm³/mol. The van der Waals surface area contributed by atoms with Gasteiger partial charge in [-0.3, -0.25) is 0 Å². The lowest BCUT2D eigenvalue weighted by Gasteiger charge is -2.13. The molecule has 2 heterocycles. The first-order valence-corrected chi connectivity index (χ1v) is 7.04. The van der Waals surface area contributed by atoms with Crippen molar-refractivity contribution in [1.82, 2.24) is 4.98 Å². The molecular weight excluding hydrogens is 268 g/mol. The van der Waals surface area contributed by atoms with Crippen molar-refractivity contribution in [3.05, 3.63) is 39.7 Å². The van der Waals surface area contributed by atoms with E-state index in [2.05, 4.69) is 22.6 Å². The van der Waals surface area contributed by atoms with Crippen molar-refractivity contribution < 1.29 is 4.74 Å². The monoisotopic (exact) mass is 282 g/mol.